The van der Waals surface area contributed by atoms with Crippen LogP contribution in [0.3, 0.4) is 0 Å². The maximum Gasteiger partial charge on any atom is 0.170 e. The highest BCUT2D eigenvalue weighted by Gasteiger charge is 2.11. The van der Waals surface area contributed by atoms with Crippen molar-refractivity contribution in [2.24, 2.45) is 10.9 Å². The van der Waals surface area contributed by atoms with E-state index in [2.05, 4.69) is 10.1 Å². The molecule has 19 heavy (non-hydrogen) atoms. The normalized spacial score (nSPS) is 16.8. The summed E-state index contributed by atoms with van der Waals surface area (Å²) in [5.74, 6) is 0.654. The van der Waals surface area contributed by atoms with E-state index in [4.69, 9.17) is 27.3 Å². The summed E-state index contributed by atoms with van der Waals surface area (Å²) in [5.41, 5.74) is 6.06. The van der Waals surface area contributed by atoms with E-state index >= 15 is 0 Å². The van der Waals surface area contributed by atoms with E-state index in [1.54, 1.807) is 18.2 Å². The molecule has 5 nitrogen and oxygen atoms in total. The number of likely N-dealkylation sites (tertiary alicyclic amines) is 1. The second-order valence-electron chi connectivity index (χ2n) is 4.53. The quantitative estimate of drug-likeness (QED) is 0.375. The van der Waals surface area contributed by atoms with Gasteiger partial charge >= 0.3 is 0 Å². The number of benzene rings is 1. The molecule has 0 aromatic heterocycles. The zero-order chi connectivity index (χ0) is 13.7. The van der Waals surface area contributed by atoms with Crippen LogP contribution in [-0.4, -0.2) is 42.2 Å². The molecule has 1 aromatic rings. The molecule has 0 amide bonds. The fraction of sp³-hybridized carbons (Fsp3) is 0.462. The molecule has 1 aromatic carbocycles. The van der Waals surface area contributed by atoms with E-state index in [0.717, 1.165) is 19.6 Å². The van der Waals surface area contributed by atoms with Gasteiger partial charge in [0, 0.05) is 12.1 Å². The van der Waals surface area contributed by atoms with Crippen LogP contribution in [0.25, 0.3) is 0 Å². The van der Waals surface area contributed by atoms with Crippen LogP contribution in [0.1, 0.15) is 18.4 Å². The summed E-state index contributed by atoms with van der Waals surface area (Å²) in [7, 11) is 0. The smallest absolute Gasteiger partial charge is 0.170 e. The molecule has 0 saturated carbocycles. The molecule has 1 fully saturated rings. The Morgan fingerprint density at radius 1 is 1.42 bits per heavy atom. The maximum absolute atomic E-state index is 8.59. The Kier molecular flexibility index (Phi) is 4.87. The van der Waals surface area contributed by atoms with Crippen molar-refractivity contribution < 1.29 is 9.94 Å². The van der Waals surface area contributed by atoms with E-state index in [1.165, 1.54) is 12.8 Å². The number of nitrogens with two attached hydrogens (primary N) is 1. The molecule has 2 rings (SSSR count). The Morgan fingerprint density at radius 2 is 2.16 bits per heavy atom. The SMILES string of the molecule is N/C(=N/O)c1ccc(OCCN2CCCC2)c(Cl)c1. The first kappa shape index (κ1) is 14.0. The molecule has 1 heterocycles. The van der Waals surface area contributed by atoms with Gasteiger partial charge in [0.25, 0.3) is 0 Å². The number of hydrogen-bond acceptors (Lipinski definition) is 4. The van der Waals surface area contributed by atoms with Gasteiger partial charge in [-0.1, -0.05) is 16.8 Å². The summed E-state index contributed by atoms with van der Waals surface area (Å²) >= 11 is 6.10. The fourth-order valence-corrected chi connectivity index (χ4v) is 2.36. The first-order valence-corrected chi connectivity index (χ1v) is 6.71. The van der Waals surface area contributed by atoms with Crippen LogP contribution in [0, 0.1) is 0 Å². The van der Waals surface area contributed by atoms with Gasteiger partial charge in [0.1, 0.15) is 12.4 Å². The highest BCUT2D eigenvalue weighted by Crippen LogP contribution is 2.25. The molecule has 1 aliphatic rings. The van der Waals surface area contributed by atoms with E-state index < -0.39 is 0 Å². The summed E-state index contributed by atoms with van der Waals surface area (Å²) in [6.45, 7) is 3.83. The Balaban J connectivity index is 1.89. The van der Waals surface area contributed by atoms with Crippen LogP contribution in [-0.2, 0) is 0 Å². The van der Waals surface area contributed by atoms with Gasteiger partial charge in [-0.3, -0.25) is 4.90 Å². The zero-order valence-corrected chi connectivity index (χ0v) is 11.4. The molecule has 0 radical (unpaired) electrons. The summed E-state index contributed by atoms with van der Waals surface area (Å²) in [5, 5.41) is 12.0. The Hall–Kier alpha value is -1.46. The van der Waals surface area contributed by atoms with E-state index in [0.29, 0.717) is 22.9 Å². The lowest BCUT2D eigenvalue weighted by Gasteiger charge is -2.15. The number of amidine groups is 1. The van der Waals surface area contributed by atoms with Crippen molar-refractivity contribution in [2.45, 2.75) is 12.8 Å². The number of nitrogens with zero attached hydrogens (tertiary/aromatic N) is 2. The third-order valence-electron chi connectivity index (χ3n) is 3.20. The lowest BCUT2D eigenvalue weighted by Crippen LogP contribution is -2.25. The second kappa shape index (κ2) is 6.63. The van der Waals surface area contributed by atoms with Gasteiger partial charge in [-0.25, -0.2) is 0 Å². The molecule has 0 spiro atoms. The summed E-state index contributed by atoms with van der Waals surface area (Å²) < 4.78 is 5.65. The third kappa shape index (κ3) is 3.75. The topological polar surface area (TPSA) is 71.1 Å². The van der Waals surface area contributed by atoms with Crippen molar-refractivity contribution in [3.05, 3.63) is 28.8 Å². The molecule has 0 aliphatic carbocycles. The van der Waals surface area contributed by atoms with Crippen LogP contribution in [0.4, 0.5) is 0 Å². The largest absolute Gasteiger partial charge is 0.491 e. The zero-order valence-electron chi connectivity index (χ0n) is 10.7. The lowest BCUT2D eigenvalue weighted by atomic mass is 10.2. The number of rotatable bonds is 5. The summed E-state index contributed by atoms with van der Waals surface area (Å²) in [4.78, 5) is 2.37. The maximum atomic E-state index is 8.59. The van der Waals surface area contributed by atoms with Crippen molar-refractivity contribution in [1.82, 2.24) is 4.90 Å². The minimum atomic E-state index is 0.0329. The predicted molar refractivity (Wildman–Crippen MR) is 75.1 cm³/mol. The molecule has 0 bridgehead atoms. The van der Waals surface area contributed by atoms with Gasteiger partial charge in [-0.05, 0) is 44.1 Å². The van der Waals surface area contributed by atoms with Gasteiger partial charge in [0.05, 0.1) is 5.02 Å². The molecular weight excluding hydrogens is 266 g/mol. The molecule has 1 saturated heterocycles. The van der Waals surface area contributed by atoms with Crippen LogP contribution in [0.15, 0.2) is 23.4 Å². The van der Waals surface area contributed by atoms with E-state index in [1.807, 2.05) is 0 Å². The lowest BCUT2D eigenvalue weighted by molar-refractivity contribution is 0.238. The first-order valence-electron chi connectivity index (χ1n) is 6.33. The van der Waals surface area contributed by atoms with E-state index in [9.17, 15) is 0 Å². The van der Waals surface area contributed by atoms with Gasteiger partial charge in [0.2, 0.25) is 0 Å². The Bertz CT molecular complexity index is 459. The molecule has 0 unspecified atom stereocenters. The standard InChI is InChI=1S/C13H18ClN3O2/c14-11-9-10(13(15)16-18)3-4-12(11)19-8-7-17-5-1-2-6-17/h3-4,9,18H,1-2,5-8H2,(H2,15,16). The fourth-order valence-electron chi connectivity index (χ4n) is 2.13. The molecule has 6 heteroatoms. The molecule has 104 valence electrons. The predicted octanol–water partition coefficient (Wildman–Crippen LogP) is 1.91. The molecule has 3 N–H and O–H groups in total. The van der Waals surface area contributed by atoms with Crippen molar-refractivity contribution in [3.8, 4) is 5.75 Å². The Morgan fingerprint density at radius 3 is 2.79 bits per heavy atom. The highest BCUT2D eigenvalue weighted by molar-refractivity contribution is 6.32. The Labute approximate surface area is 117 Å². The van der Waals surface area contributed by atoms with Gasteiger partial charge < -0.3 is 15.7 Å². The number of halogens is 1. The highest BCUT2D eigenvalue weighted by atomic mass is 35.5. The number of hydrogen-bond donors (Lipinski definition) is 2. The van der Waals surface area contributed by atoms with Crippen molar-refractivity contribution in [2.75, 3.05) is 26.2 Å². The van der Waals surface area contributed by atoms with E-state index in [-0.39, 0.29) is 5.84 Å². The minimum Gasteiger partial charge on any atom is -0.491 e. The van der Waals surface area contributed by atoms with Gasteiger partial charge in [-0.2, -0.15) is 0 Å². The summed E-state index contributed by atoms with van der Waals surface area (Å²) in [6.07, 6.45) is 2.55. The van der Waals surface area contributed by atoms with Gasteiger partial charge in [0.15, 0.2) is 5.84 Å². The second-order valence-corrected chi connectivity index (χ2v) is 4.93. The monoisotopic (exact) mass is 283 g/mol. The van der Waals surface area contributed by atoms with Crippen molar-refractivity contribution >= 4 is 17.4 Å². The van der Waals surface area contributed by atoms with Gasteiger partial charge in [-0.15, -0.1) is 0 Å². The average Bonchev–Trinajstić information content (AvgIpc) is 2.93. The third-order valence-corrected chi connectivity index (χ3v) is 3.49. The number of ether oxygens (including phenoxy) is 1. The first-order chi connectivity index (χ1) is 9.20. The molecule has 0 atom stereocenters. The number of oxime groups is 1. The van der Waals surface area contributed by atoms with Crippen LogP contribution in [0.5, 0.6) is 5.75 Å². The molecular formula is C13H18ClN3O2. The van der Waals surface area contributed by atoms with Crippen LogP contribution in [0.2, 0.25) is 5.02 Å². The van der Waals surface area contributed by atoms with Crippen molar-refractivity contribution in [1.29, 1.82) is 0 Å². The average molecular weight is 284 g/mol. The van der Waals surface area contributed by atoms with Crippen molar-refractivity contribution in [3.63, 3.8) is 0 Å². The van der Waals surface area contributed by atoms with Crippen LogP contribution < -0.4 is 10.5 Å². The minimum absolute atomic E-state index is 0.0329. The molecule has 1 aliphatic heterocycles. The summed E-state index contributed by atoms with van der Waals surface area (Å²) in [6, 6.07) is 5.08. The van der Waals surface area contributed by atoms with Crippen LogP contribution >= 0.6 is 11.6 Å².